The highest BCUT2D eigenvalue weighted by atomic mass is 16.6. The number of carbonyl (C=O) groups is 1. The number of hydrogen-bond acceptors (Lipinski definition) is 4. The average Bonchev–Trinajstić information content (AvgIpc) is 2.59. The Labute approximate surface area is 140 Å². The molecule has 0 saturated heterocycles. The molecule has 0 fully saturated rings. The number of anilines is 1. The van der Waals surface area contributed by atoms with E-state index >= 15 is 0 Å². The summed E-state index contributed by atoms with van der Waals surface area (Å²) in [5.74, 6) is -0.351. The highest BCUT2D eigenvalue weighted by Gasteiger charge is 2.10. The topological polar surface area (TPSA) is 75.5 Å². The van der Waals surface area contributed by atoms with Crippen molar-refractivity contribution in [3.63, 3.8) is 0 Å². The molecular weight excluding hydrogens is 306 g/mol. The molecule has 0 aliphatic carbocycles. The summed E-state index contributed by atoms with van der Waals surface area (Å²) >= 11 is 0. The molecule has 6 heteroatoms. The molecule has 1 N–H and O–H groups in total. The number of rotatable bonds is 6. The van der Waals surface area contributed by atoms with E-state index in [2.05, 4.69) is 5.43 Å². The van der Waals surface area contributed by atoms with Crippen LogP contribution in [0.25, 0.3) is 6.08 Å². The van der Waals surface area contributed by atoms with E-state index in [-0.39, 0.29) is 11.6 Å². The number of nitrogens with one attached hydrogen (secondary N) is 1. The van der Waals surface area contributed by atoms with E-state index in [1.807, 2.05) is 38.1 Å². The van der Waals surface area contributed by atoms with Crippen LogP contribution in [-0.4, -0.2) is 17.4 Å². The SMILES string of the molecule is CCN(NC(=O)/C=C/c1ccccc1[N+](=O)[O-])c1ccc(C)cc1. The molecule has 24 heavy (non-hydrogen) atoms. The van der Waals surface area contributed by atoms with Crippen LogP contribution in [0, 0.1) is 17.0 Å². The van der Waals surface area contributed by atoms with E-state index in [1.165, 1.54) is 18.2 Å². The maximum absolute atomic E-state index is 12.1. The molecule has 0 radical (unpaired) electrons. The molecule has 6 nitrogen and oxygen atoms in total. The number of hydrazine groups is 1. The molecule has 0 saturated carbocycles. The van der Waals surface area contributed by atoms with Crippen molar-refractivity contribution in [2.75, 3.05) is 11.6 Å². The fraction of sp³-hybridized carbons (Fsp3) is 0.167. The number of amides is 1. The van der Waals surface area contributed by atoms with Crippen molar-refractivity contribution in [3.05, 3.63) is 75.8 Å². The molecule has 0 aliphatic rings. The van der Waals surface area contributed by atoms with E-state index in [0.29, 0.717) is 12.1 Å². The summed E-state index contributed by atoms with van der Waals surface area (Å²) in [6, 6.07) is 14.1. The fourth-order valence-corrected chi connectivity index (χ4v) is 2.18. The van der Waals surface area contributed by atoms with Crippen LogP contribution in [0.5, 0.6) is 0 Å². The monoisotopic (exact) mass is 325 g/mol. The van der Waals surface area contributed by atoms with Gasteiger partial charge in [-0.1, -0.05) is 29.8 Å². The third-order valence-corrected chi connectivity index (χ3v) is 3.45. The van der Waals surface area contributed by atoms with Crippen LogP contribution in [0.15, 0.2) is 54.6 Å². The second kappa shape index (κ2) is 7.92. The normalized spacial score (nSPS) is 10.6. The number of nitrogens with zero attached hydrogens (tertiary/aromatic N) is 2. The van der Waals surface area contributed by atoms with Crippen molar-refractivity contribution in [2.24, 2.45) is 0 Å². The molecule has 0 unspecified atom stereocenters. The molecule has 124 valence electrons. The van der Waals surface area contributed by atoms with Crippen molar-refractivity contribution in [2.45, 2.75) is 13.8 Å². The first-order chi connectivity index (χ1) is 11.5. The van der Waals surface area contributed by atoms with Crippen LogP contribution >= 0.6 is 0 Å². The lowest BCUT2D eigenvalue weighted by Gasteiger charge is -2.23. The van der Waals surface area contributed by atoms with Gasteiger partial charge >= 0.3 is 0 Å². The Morgan fingerprint density at radius 3 is 2.50 bits per heavy atom. The fourth-order valence-electron chi connectivity index (χ4n) is 2.18. The molecule has 2 aromatic rings. The van der Waals surface area contributed by atoms with Gasteiger partial charge in [0.2, 0.25) is 0 Å². The van der Waals surface area contributed by atoms with Gasteiger partial charge in [-0.05, 0) is 38.1 Å². The van der Waals surface area contributed by atoms with Crippen molar-refractivity contribution < 1.29 is 9.72 Å². The zero-order valence-electron chi connectivity index (χ0n) is 13.6. The molecular formula is C18H19N3O3. The number of aryl methyl sites for hydroxylation is 1. The number of nitro benzene ring substituents is 1. The lowest BCUT2D eigenvalue weighted by Crippen LogP contribution is -2.41. The third kappa shape index (κ3) is 4.42. The Kier molecular flexibility index (Phi) is 5.68. The quantitative estimate of drug-likeness (QED) is 0.501. The Hall–Kier alpha value is -3.15. The molecule has 0 bridgehead atoms. The van der Waals surface area contributed by atoms with Crippen molar-refractivity contribution in [3.8, 4) is 0 Å². The lowest BCUT2D eigenvalue weighted by atomic mass is 10.1. The summed E-state index contributed by atoms with van der Waals surface area (Å²) in [7, 11) is 0. The van der Waals surface area contributed by atoms with E-state index in [0.717, 1.165) is 11.3 Å². The molecule has 2 rings (SSSR count). The highest BCUT2D eigenvalue weighted by molar-refractivity contribution is 5.93. The summed E-state index contributed by atoms with van der Waals surface area (Å²) in [4.78, 5) is 22.6. The van der Waals surface area contributed by atoms with Gasteiger partial charge in [-0.3, -0.25) is 25.3 Å². The summed E-state index contributed by atoms with van der Waals surface area (Å²) in [5, 5.41) is 12.7. The molecule has 0 spiro atoms. The largest absolute Gasteiger partial charge is 0.286 e. The van der Waals surface area contributed by atoms with Crippen LogP contribution in [0.4, 0.5) is 11.4 Å². The minimum atomic E-state index is -0.470. The summed E-state index contributed by atoms with van der Waals surface area (Å²) in [6.07, 6.45) is 2.73. The van der Waals surface area contributed by atoms with E-state index < -0.39 is 4.92 Å². The van der Waals surface area contributed by atoms with Gasteiger partial charge in [0.25, 0.3) is 11.6 Å². The summed E-state index contributed by atoms with van der Waals surface area (Å²) in [5.41, 5.74) is 5.12. The summed E-state index contributed by atoms with van der Waals surface area (Å²) < 4.78 is 0. The van der Waals surface area contributed by atoms with Crippen molar-refractivity contribution >= 4 is 23.4 Å². The molecule has 2 aromatic carbocycles. The first-order valence-corrected chi connectivity index (χ1v) is 7.57. The second-order valence-corrected chi connectivity index (χ2v) is 5.21. The minimum Gasteiger partial charge on any atom is -0.286 e. The van der Waals surface area contributed by atoms with Gasteiger partial charge in [0, 0.05) is 18.7 Å². The van der Waals surface area contributed by atoms with Crippen LogP contribution in [0.2, 0.25) is 0 Å². The van der Waals surface area contributed by atoms with Gasteiger partial charge in [0.05, 0.1) is 16.2 Å². The maximum atomic E-state index is 12.1. The van der Waals surface area contributed by atoms with E-state index in [9.17, 15) is 14.9 Å². The standard InChI is InChI=1S/C18H19N3O3/c1-3-20(16-11-8-14(2)9-12-16)19-18(22)13-10-15-6-4-5-7-17(15)21(23)24/h4-13H,3H2,1-2H3,(H,19,22)/b13-10+. The van der Waals surface area contributed by atoms with Crippen molar-refractivity contribution in [1.82, 2.24) is 5.43 Å². The van der Waals surface area contributed by atoms with E-state index in [1.54, 1.807) is 23.2 Å². The average molecular weight is 325 g/mol. The van der Waals surface area contributed by atoms with Gasteiger partial charge in [-0.2, -0.15) is 0 Å². The minimum absolute atomic E-state index is 0.0348. The first-order valence-electron chi connectivity index (χ1n) is 7.57. The van der Waals surface area contributed by atoms with Crippen LogP contribution in [-0.2, 0) is 4.79 Å². The van der Waals surface area contributed by atoms with Gasteiger partial charge in [0.1, 0.15) is 0 Å². The zero-order chi connectivity index (χ0) is 17.5. The van der Waals surface area contributed by atoms with Gasteiger partial charge in [-0.15, -0.1) is 0 Å². The molecule has 0 aromatic heterocycles. The molecule has 0 heterocycles. The lowest BCUT2D eigenvalue weighted by molar-refractivity contribution is -0.385. The zero-order valence-corrected chi connectivity index (χ0v) is 13.6. The Bertz CT molecular complexity index is 754. The third-order valence-electron chi connectivity index (χ3n) is 3.45. The molecule has 0 atom stereocenters. The van der Waals surface area contributed by atoms with E-state index in [4.69, 9.17) is 0 Å². The van der Waals surface area contributed by atoms with Gasteiger partial charge < -0.3 is 0 Å². The van der Waals surface area contributed by atoms with Gasteiger partial charge in [0.15, 0.2) is 0 Å². The maximum Gasteiger partial charge on any atom is 0.276 e. The number of para-hydroxylation sites is 1. The van der Waals surface area contributed by atoms with Crippen LogP contribution < -0.4 is 10.4 Å². The first kappa shape index (κ1) is 17.2. The Morgan fingerprint density at radius 2 is 1.88 bits per heavy atom. The highest BCUT2D eigenvalue weighted by Crippen LogP contribution is 2.19. The van der Waals surface area contributed by atoms with Crippen LogP contribution in [0.3, 0.4) is 0 Å². The van der Waals surface area contributed by atoms with Crippen LogP contribution in [0.1, 0.15) is 18.1 Å². The Balaban J connectivity index is 2.09. The van der Waals surface area contributed by atoms with Gasteiger partial charge in [-0.25, -0.2) is 0 Å². The molecule has 1 amide bonds. The number of benzene rings is 2. The summed E-state index contributed by atoms with van der Waals surface area (Å²) in [6.45, 7) is 4.51. The smallest absolute Gasteiger partial charge is 0.276 e. The number of hydrogen-bond donors (Lipinski definition) is 1. The Morgan fingerprint density at radius 1 is 1.21 bits per heavy atom. The second-order valence-electron chi connectivity index (χ2n) is 5.21. The number of nitro groups is 1. The number of carbonyl (C=O) groups excluding carboxylic acids is 1. The predicted octanol–water partition coefficient (Wildman–Crippen LogP) is 3.47. The van der Waals surface area contributed by atoms with Crippen molar-refractivity contribution in [1.29, 1.82) is 0 Å². The molecule has 0 aliphatic heterocycles. The predicted molar refractivity (Wildman–Crippen MR) is 94.5 cm³/mol.